The minimum atomic E-state index is -0.888. The lowest BCUT2D eigenvalue weighted by atomic mass is 10.0. The summed E-state index contributed by atoms with van der Waals surface area (Å²) in [5.74, 6) is -0.958. The summed E-state index contributed by atoms with van der Waals surface area (Å²) in [4.78, 5) is 22.6. The SMILES string of the molecule is COC(=O)C(=O)/C=C/c1c(OC)ccc2ccccc12. The van der Waals surface area contributed by atoms with Gasteiger partial charge in [-0.15, -0.1) is 0 Å². The van der Waals surface area contributed by atoms with Crippen LogP contribution in [0.1, 0.15) is 5.56 Å². The van der Waals surface area contributed by atoms with Gasteiger partial charge in [-0.05, 0) is 29.0 Å². The van der Waals surface area contributed by atoms with E-state index in [-0.39, 0.29) is 0 Å². The molecule has 0 aromatic heterocycles. The first kappa shape index (κ1) is 13.8. The number of ether oxygens (including phenoxy) is 2. The van der Waals surface area contributed by atoms with E-state index in [1.54, 1.807) is 13.2 Å². The molecule has 0 fully saturated rings. The number of hydrogen-bond acceptors (Lipinski definition) is 4. The summed E-state index contributed by atoms with van der Waals surface area (Å²) in [6, 6.07) is 11.5. The minimum absolute atomic E-state index is 0.637. The van der Waals surface area contributed by atoms with E-state index in [2.05, 4.69) is 4.74 Å². The standard InChI is InChI=1S/C16H14O4/c1-19-15-10-7-11-5-3-4-6-12(11)13(15)8-9-14(17)16(18)20-2/h3-10H,1-2H3/b9-8+. The molecule has 2 rings (SSSR count). The maximum absolute atomic E-state index is 11.5. The number of hydrogen-bond donors (Lipinski definition) is 0. The average Bonchev–Trinajstić information content (AvgIpc) is 2.51. The molecular weight excluding hydrogens is 256 g/mol. The van der Waals surface area contributed by atoms with Gasteiger partial charge in [0.1, 0.15) is 5.75 Å². The van der Waals surface area contributed by atoms with Crippen LogP contribution in [0.3, 0.4) is 0 Å². The highest BCUT2D eigenvalue weighted by Crippen LogP contribution is 2.29. The monoisotopic (exact) mass is 270 g/mol. The number of rotatable bonds is 4. The second-order valence-electron chi connectivity index (χ2n) is 4.09. The summed E-state index contributed by atoms with van der Waals surface area (Å²) in [7, 11) is 2.73. The lowest BCUT2D eigenvalue weighted by Crippen LogP contribution is -2.12. The molecule has 0 atom stereocenters. The highest BCUT2D eigenvalue weighted by Gasteiger charge is 2.11. The molecule has 2 aromatic rings. The molecule has 4 nitrogen and oxygen atoms in total. The van der Waals surface area contributed by atoms with Crippen molar-refractivity contribution in [2.45, 2.75) is 0 Å². The van der Waals surface area contributed by atoms with Crippen molar-refractivity contribution in [2.75, 3.05) is 14.2 Å². The Bertz CT molecular complexity index is 686. The van der Waals surface area contributed by atoms with Gasteiger partial charge >= 0.3 is 5.97 Å². The van der Waals surface area contributed by atoms with Crippen LogP contribution < -0.4 is 4.74 Å². The van der Waals surface area contributed by atoms with Gasteiger partial charge < -0.3 is 9.47 Å². The van der Waals surface area contributed by atoms with E-state index in [4.69, 9.17) is 4.74 Å². The molecule has 0 heterocycles. The first-order valence-corrected chi connectivity index (χ1v) is 6.03. The average molecular weight is 270 g/mol. The van der Waals surface area contributed by atoms with E-state index in [1.165, 1.54) is 13.2 Å². The summed E-state index contributed by atoms with van der Waals surface area (Å²) in [6.07, 6.45) is 2.76. The predicted molar refractivity (Wildman–Crippen MR) is 76.6 cm³/mol. The Morgan fingerprint density at radius 2 is 1.80 bits per heavy atom. The zero-order chi connectivity index (χ0) is 14.5. The number of methoxy groups -OCH3 is 2. The van der Waals surface area contributed by atoms with E-state index in [1.807, 2.05) is 36.4 Å². The van der Waals surface area contributed by atoms with Crippen molar-refractivity contribution in [3.05, 3.63) is 48.0 Å². The second kappa shape index (κ2) is 6.02. The van der Waals surface area contributed by atoms with E-state index in [0.717, 1.165) is 16.3 Å². The summed E-state index contributed by atoms with van der Waals surface area (Å²) in [6.45, 7) is 0. The fourth-order valence-corrected chi connectivity index (χ4v) is 1.95. The number of carbonyl (C=O) groups excluding carboxylic acids is 2. The number of fused-ring (bicyclic) bond motifs is 1. The molecule has 0 amide bonds. The fraction of sp³-hybridized carbons (Fsp3) is 0.125. The van der Waals surface area contributed by atoms with Gasteiger partial charge in [0.05, 0.1) is 14.2 Å². The second-order valence-corrected chi connectivity index (χ2v) is 4.09. The smallest absolute Gasteiger partial charge is 0.378 e. The Morgan fingerprint density at radius 1 is 1.05 bits per heavy atom. The zero-order valence-electron chi connectivity index (χ0n) is 11.3. The van der Waals surface area contributed by atoms with Gasteiger partial charge in [-0.3, -0.25) is 4.79 Å². The highest BCUT2D eigenvalue weighted by molar-refractivity contribution is 6.39. The van der Waals surface area contributed by atoms with Crippen molar-refractivity contribution in [1.29, 1.82) is 0 Å². The third-order valence-electron chi connectivity index (χ3n) is 2.94. The van der Waals surface area contributed by atoms with Crippen LogP contribution in [0.25, 0.3) is 16.8 Å². The summed E-state index contributed by atoms with van der Waals surface area (Å²) < 4.78 is 9.67. The fourth-order valence-electron chi connectivity index (χ4n) is 1.95. The Kier molecular flexibility index (Phi) is 4.15. The number of carbonyl (C=O) groups is 2. The van der Waals surface area contributed by atoms with Crippen LogP contribution in [0.2, 0.25) is 0 Å². The van der Waals surface area contributed by atoms with Crippen LogP contribution in [0.5, 0.6) is 5.75 Å². The Morgan fingerprint density at radius 3 is 2.50 bits per heavy atom. The van der Waals surface area contributed by atoms with Crippen molar-refractivity contribution < 1.29 is 19.1 Å². The number of benzene rings is 2. The van der Waals surface area contributed by atoms with E-state index in [9.17, 15) is 9.59 Å². The Balaban J connectivity index is 2.49. The summed E-state index contributed by atoms with van der Waals surface area (Å²) in [5.41, 5.74) is 0.753. The van der Waals surface area contributed by atoms with Crippen LogP contribution in [-0.4, -0.2) is 26.0 Å². The molecule has 0 unspecified atom stereocenters. The van der Waals surface area contributed by atoms with Crippen LogP contribution in [0.15, 0.2) is 42.5 Å². The van der Waals surface area contributed by atoms with E-state index < -0.39 is 11.8 Å². The van der Waals surface area contributed by atoms with Crippen molar-refractivity contribution >= 4 is 28.6 Å². The molecule has 0 aliphatic carbocycles. The topological polar surface area (TPSA) is 52.6 Å². The van der Waals surface area contributed by atoms with Crippen molar-refractivity contribution in [3.63, 3.8) is 0 Å². The molecule has 20 heavy (non-hydrogen) atoms. The zero-order valence-corrected chi connectivity index (χ0v) is 11.3. The van der Waals surface area contributed by atoms with E-state index >= 15 is 0 Å². The van der Waals surface area contributed by atoms with Gasteiger partial charge in [-0.1, -0.05) is 30.3 Å². The van der Waals surface area contributed by atoms with Crippen LogP contribution in [0.4, 0.5) is 0 Å². The quantitative estimate of drug-likeness (QED) is 0.487. The molecule has 0 aliphatic rings. The minimum Gasteiger partial charge on any atom is -0.496 e. The van der Waals surface area contributed by atoms with Crippen LogP contribution in [-0.2, 0) is 14.3 Å². The summed E-state index contributed by atoms with van der Waals surface area (Å²) in [5, 5.41) is 1.97. The number of ketones is 1. The molecule has 102 valence electrons. The van der Waals surface area contributed by atoms with Crippen LogP contribution >= 0.6 is 0 Å². The third kappa shape index (κ3) is 2.69. The lowest BCUT2D eigenvalue weighted by Gasteiger charge is -2.08. The molecule has 2 aromatic carbocycles. The highest BCUT2D eigenvalue weighted by atomic mass is 16.5. The maximum Gasteiger partial charge on any atom is 0.378 e. The lowest BCUT2D eigenvalue weighted by molar-refractivity contribution is -0.149. The molecule has 0 N–H and O–H groups in total. The maximum atomic E-state index is 11.5. The Labute approximate surface area is 116 Å². The molecule has 0 bridgehead atoms. The van der Waals surface area contributed by atoms with Gasteiger partial charge in [0.15, 0.2) is 0 Å². The Hall–Kier alpha value is -2.62. The molecular formula is C16H14O4. The van der Waals surface area contributed by atoms with Crippen molar-refractivity contribution in [2.24, 2.45) is 0 Å². The first-order valence-electron chi connectivity index (χ1n) is 6.03. The van der Waals surface area contributed by atoms with Gasteiger partial charge in [0, 0.05) is 5.56 Å². The van der Waals surface area contributed by atoms with Gasteiger partial charge in [-0.2, -0.15) is 0 Å². The molecule has 0 aliphatic heterocycles. The first-order chi connectivity index (χ1) is 9.67. The predicted octanol–water partition coefficient (Wildman–Crippen LogP) is 2.60. The van der Waals surface area contributed by atoms with Gasteiger partial charge in [0.25, 0.3) is 5.78 Å². The molecule has 0 spiro atoms. The molecule has 0 saturated heterocycles. The summed E-state index contributed by atoms with van der Waals surface area (Å²) >= 11 is 0. The van der Waals surface area contributed by atoms with Crippen molar-refractivity contribution in [1.82, 2.24) is 0 Å². The van der Waals surface area contributed by atoms with E-state index in [0.29, 0.717) is 5.75 Å². The van der Waals surface area contributed by atoms with Gasteiger partial charge in [0.2, 0.25) is 0 Å². The largest absolute Gasteiger partial charge is 0.496 e. The van der Waals surface area contributed by atoms with Gasteiger partial charge in [-0.25, -0.2) is 4.79 Å². The molecule has 4 heteroatoms. The number of esters is 1. The molecule has 0 saturated carbocycles. The van der Waals surface area contributed by atoms with Crippen LogP contribution in [0, 0.1) is 0 Å². The normalized spacial score (nSPS) is 10.7. The molecule has 0 radical (unpaired) electrons. The van der Waals surface area contributed by atoms with Crippen molar-refractivity contribution in [3.8, 4) is 5.75 Å². The third-order valence-corrected chi connectivity index (χ3v) is 2.94.